The third-order valence-electron chi connectivity index (χ3n) is 3.86. The van der Waals surface area contributed by atoms with Gasteiger partial charge in [0.15, 0.2) is 0 Å². The van der Waals surface area contributed by atoms with Gasteiger partial charge in [0.1, 0.15) is 0 Å². The average Bonchev–Trinajstić information content (AvgIpc) is 3.13. The van der Waals surface area contributed by atoms with Crippen molar-refractivity contribution in [3.05, 3.63) is 91.4 Å². The molecular weight excluding hydrogens is 291 g/mol. The molecule has 0 saturated carbocycles. The summed E-state index contributed by atoms with van der Waals surface area (Å²) < 4.78 is 0. The Balaban J connectivity index is 0.000000198. The smallest absolute Gasteiger partial charge is 0.233 e. The molecule has 0 fully saturated rings. The molecule has 0 bridgehead atoms. The van der Waals surface area contributed by atoms with E-state index in [0.717, 1.165) is 0 Å². The lowest BCUT2D eigenvalue weighted by Crippen LogP contribution is -2.40. The number of H-pyrrole nitrogens is 1. The molecule has 0 aliphatic carbocycles. The fraction of sp³-hybridized carbons (Fsp3) is 0.190. The Kier molecular flexibility index (Phi) is 6.19. The lowest BCUT2D eigenvalue weighted by atomic mass is 9.41. The number of nitrogens with zero attached hydrogens (tertiary/aromatic N) is 1. The highest BCUT2D eigenvalue weighted by molar-refractivity contribution is 6.89. The van der Waals surface area contributed by atoms with Crippen LogP contribution in [0.3, 0.4) is 0 Å². The van der Waals surface area contributed by atoms with Crippen LogP contribution in [-0.4, -0.2) is 16.7 Å². The molecule has 24 heavy (non-hydrogen) atoms. The second kappa shape index (κ2) is 8.35. The van der Waals surface area contributed by atoms with E-state index in [1.54, 1.807) is 6.33 Å². The summed E-state index contributed by atoms with van der Waals surface area (Å²) in [7, 11) is 0. The number of imidazole rings is 1. The molecule has 0 unspecified atom stereocenters. The standard InChI is InChI=1S/C14H13B.C7H12N2/c1-2-15(13-9-5-3-6-10-13)14-11-7-4-8-12-14;1-7(2,3)6-4-8-5-9-6/h2-12H,1H2;4-5H,1-3H3,(H,8,9). The lowest BCUT2D eigenvalue weighted by Gasteiger charge is -2.14. The molecule has 0 amide bonds. The normalized spacial score (nSPS) is 10.5. The summed E-state index contributed by atoms with van der Waals surface area (Å²) in [6.45, 7) is 10.7. The zero-order chi connectivity index (χ0) is 17.4. The van der Waals surface area contributed by atoms with Gasteiger partial charge in [-0.05, 0) is 0 Å². The summed E-state index contributed by atoms with van der Waals surface area (Å²) in [6.07, 6.45) is 3.57. The zero-order valence-corrected chi connectivity index (χ0v) is 14.7. The van der Waals surface area contributed by atoms with E-state index in [-0.39, 0.29) is 5.41 Å². The SMILES string of the molecule is C=CB(c1ccccc1)c1ccccc1.CC(C)(C)c1cnc[nH]1. The topological polar surface area (TPSA) is 28.7 Å². The maximum Gasteiger partial charge on any atom is 0.233 e. The molecule has 1 N–H and O–H groups in total. The summed E-state index contributed by atoms with van der Waals surface area (Å²) in [4.78, 5) is 7.00. The van der Waals surface area contributed by atoms with Crippen LogP contribution >= 0.6 is 0 Å². The van der Waals surface area contributed by atoms with Crippen molar-refractivity contribution in [3.8, 4) is 0 Å². The van der Waals surface area contributed by atoms with Gasteiger partial charge in [-0.1, -0.05) is 92.4 Å². The molecule has 2 nitrogen and oxygen atoms in total. The highest BCUT2D eigenvalue weighted by Crippen LogP contribution is 2.17. The predicted octanol–water partition coefficient (Wildman–Crippen LogP) is 3.73. The summed E-state index contributed by atoms with van der Waals surface area (Å²) in [5, 5.41) is 0. The molecule has 122 valence electrons. The van der Waals surface area contributed by atoms with Gasteiger partial charge in [0, 0.05) is 17.3 Å². The van der Waals surface area contributed by atoms with Gasteiger partial charge in [0.25, 0.3) is 0 Å². The van der Waals surface area contributed by atoms with Crippen LogP contribution in [0.4, 0.5) is 0 Å². The maximum absolute atomic E-state index is 3.93. The van der Waals surface area contributed by atoms with Crippen LogP contribution in [0.15, 0.2) is 85.7 Å². The Morgan fingerprint density at radius 3 is 1.71 bits per heavy atom. The first-order valence-corrected chi connectivity index (χ1v) is 8.23. The van der Waals surface area contributed by atoms with Gasteiger partial charge in [0.05, 0.1) is 6.33 Å². The molecule has 1 aromatic heterocycles. The van der Waals surface area contributed by atoms with E-state index in [1.165, 1.54) is 16.6 Å². The van der Waals surface area contributed by atoms with Gasteiger partial charge in [-0.2, -0.15) is 0 Å². The fourth-order valence-corrected chi connectivity index (χ4v) is 2.45. The van der Waals surface area contributed by atoms with Crippen molar-refractivity contribution in [2.24, 2.45) is 0 Å². The van der Waals surface area contributed by atoms with E-state index in [1.807, 2.05) is 24.3 Å². The van der Waals surface area contributed by atoms with Crippen LogP contribution in [0, 0.1) is 0 Å². The second-order valence-corrected chi connectivity index (χ2v) is 6.75. The molecule has 3 heteroatoms. The molecule has 0 radical (unpaired) electrons. The first kappa shape index (κ1) is 17.8. The quantitative estimate of drug-likeness (QED) is 0.733. The van der Waals surface area contributed by atoms with Gasteiger partial charge in [-0.3, -0.25) is 0 Å². The van der Waals surface area contributed by atoms with Crippen molar-refractivity contribution in [1.29, 1.82) is 0 Å². The van der Waals surface area contributed by atoms with Gasteiger partial charge in [-0.15, -0.1) is 12.6 Å². The van der Waals surface area contributed by atoms with Crippen LogP contribution in [0.1, 0.15) is 26.5 Å². The van der Waals surface area contributed by atoms with E-state index in [0.29, 0.717) is 6.71 Å². The summed E-state index contributed by atoms with van der Waals surface area (Å²) in [5.41, 5.74) is 3.97. The van der Waals surface area contributed by atoms with Gasteiger partial charge in [0.2, 0.25) is 6.71 Å². The van der Waals surface area contributed by atoms with Crippen molar-refractivity contribution < 1.29 is 0 Å². The largest absolute Gasteiger partial charge is 0.348 e. The van der Waals surface area contributed by atoms with E-state index < -0.39 is 0 Å². The van der Waals surface area contributed by atoms with Crippen molar-refractivity contribution in [2.45, 2.75) is 26.2 Å². The van der Waals surface area contributed by atoms with E-state index in [4.69, 9.17) is 0 Å². The van der Waals surface area contributed by atoms with Crippen molar-refractivity contribution in [1.82, 2.24) is 9.97 Å². The molecule has 0 aliphatic rings. The van der Waals surface area contributed by atoms with Crippen LogP contribution in [0.2, 0.25) is 0 Å². The fourth-order valence-electron chi connectivity index (χ4n) is 2.45. The average molecular weight is 316 g/mol. The zero-order valence-electron chi connectivity index (χ0n) is 14.7. The molecule has 0 spiro atoms. The summed E-state index contributed by atoms with van der Waals surface area (Å²) >= 11 is 0. The number of hydrogen-bond donors (Lipinski definition) is 1. The lowest BCUT2D eigenvalue weighted by molar-refractivity contribution is 0.572. The van der Waals surface area contributed by atoms with Gasteiger partial charge >= 0.3 is 0 Å². The number of nitrogens with one attached hydrogen (secondary N) is 1. The molecule has 3 aromatic rings. The Morgan fingerprint density at radius 1 is 0.917 bits per heavy atom. The molecule has 0 saturated heterocycles. The van der Waals surface area contributed by atoms with E-state index >= 15 is 0 Å². The Labute approximate surface area is 145 Å². The first-order chi connectivity index (χ1) is 11.5. The molecule has 0 atom stereocenters. The summed E-state index contributed by atoms with van der Waals surface area (Å²) in [6, 6.07) is 20.9. The molecule has 0 aliphatic heterocycles. The van der Waals surface area contributed by atoms with Crippen molar-refractivity contribution in [3.63, 3.8) is 0 Å². The minimum Gasteiger partial charge on any atom is -0.348 e. The number of benzene rings is 2. The number of aromatic nitrogens is 2. The van der Waals surface area contributed by atoms with Crippen LogP contribution in [0.25, 0.3) is 0 Å². The molecular formula is C21H25BN2. The maximum atomic E-state index is 3.93. The third kappa shape index (κ3) is 4.99. The Hall–Kier alpha value is -2.55. The second-order valence-electron chi connectivity index (χ2n) is 6.75. The van der Waals surface area contributed by atoms with Crippen LogP contribution < -0.4 is 10.9 Å². The number of hydrogen-bond acceptors (Lipinski definition) is 1. The molecule has 2 aromatic carbocycles. The monoisotopic (exact) mass is 316 g/mol. The minimum atomic E-state index is 0.205. The van der Waals surface area contributed by atoms with Gasteiger partial charge < -0.3 is 4.98 Å². The highest BCUT2D eigenvalue weighted by atomic mass is 14.9. The predicted molar refractivity (Wildman–Crippen MR) is 105 cm³/mol. The Bertz CT molecular complexity index is 674. The molecule has 1 heterocycles. The number of aromatic amines is 1. The van der Waals surface area contributed by atoms with E-state index in [2.05, 4.69) is 85.8 Å². The first-order valence-electron chi connectivity index (χ1n) is 8.23. The van der Waals surface area contributed by atoms with Crippen LogP contribution in [-0.2, 0) is 5.41 Å². The number of rotatable bonds is 3. The van der Waals surface area contributed by atoms with E-state index in [9.17, 15) is 0 Å². The summed E-state index contributed by atoms with van der Waals surface area (Å²) in [5.74, 6) is 1.99. The van der Waals surface area contributed by atoms with Crippen molar-refractivity contribution in [2.75, 3.05) is 0 Å². The Morgan fingerprint density at radius 2 is 1.42 bits per heavy atom. The third-order valence-corrected chi connectivity index (χ3v) is 3.86. The van der Waals surface area contributed by atoms with Gasteiger partial charge in [-0.25, -0.2) is 4.98 Å². The highest BCUT2D eigenvalue weighted by Gasteiger charge is 2.14. The molecule has 3 rings (SSSR count). The minimum absolute atomic E-state index is 0.205. The van der Waals surface area contributed by atoms with Crippen molar-refractivity contribution >= 4 is 17.6 Å². The van der Waals surface area contributed by atoms with Crippen LogP contribution in [0.5, 0.6) is 0 Å².